The van der Waals surface area contributed by atoms with Crippen molar-refractivity contribution in [3.63, 3.8) is 0 Å². The molecule has 0 saturated carbocycles. The monoisotopic (exact) mass is 302 g/mol. The molecule has 5 heteroatoms. The molecule has 1 aliphatic heterocycles. The van der Waals surface area contributed by atoms with E-state index in [0.29, 0.717) is 0 Å². The highest BCUT2D eigenvalue weighted by Gasteiger charge is 2.28. The first-order chi connectivity index (χ1) is 10.3. The summed E-state index contributed by atoms with van der Waals surface area (Å²) in [4.78, 5) is 36.0. The molecule has 22 heavy (non-hydrogen) atoms. The number of likely N-dealkylation sites (tertiary alicyclic amines) is 1. The van der Waals surface area contributed by atoms with Crippen molar-refractivity contribution in [2.45, 2.75) is 45.4 Å². The van der Waals surface area contributed by atoms with Gasteiger partial charge < -0.3 is 5.32 Å². The first-order valence-corrected chi connectivity index (χ1v) is 7.51. The van der Waals surface area contributed by atoms with Gasteiger partial charge in [0.15, 0.2) is 0 Å². The van der Waals surface area contributed by atoms with Crippen molar-refractivity contribution in [2.75, 3.05) is 11.9 Å². The Morgan fingerprint density at radius 2 is 1.64 bits per heavy atom. The van der Waals surface area contributed by atoms with Crippen molar-refractivity contribution in [3.8, 4) is 0 Å². The van der Waals surface area contributed by atoms with Gasteiger partial charge in [-0.15, -0.1) is 0 Å². The number of benzene rings is 1. The molecule has 1 aliphatic rings. The molecule has 0 aliphatic carbocycles. The average molecular weight is 302 g/mol. The van der Waals surface area contributed by atoms with Gasteiger partial charge in [-0.3, -0.25) is 19.3 Å². The zero-order valence-corrected chi connectivity index (χ0v) is 13.3. The second-order valence-corrected chi connectivity index (χ2v) is 6.56. The molecule has 1 aromatic rings. The predicted molar refractivity (Wildman–Crippen MR) is 84.3 cm³/mol. The lowest BCUT2D eigenvalue weighted by molar-refractivity contribution is -0.138. The summed E-state index contributed by atoms with van der Waals surface area (Å²) in [6, 6.07) is 7.71. The fourth-order valence-corrected chi connectivity index (χ4v) is 2.36. The number of hydrogen-bond donors (Lipinski definition) is 1. The Bertz CT molecular complexity index is 569. The van der Waals surface area contributed by atoms with Crippen LogP contribution in [0, 0.1) is 0 Å². The van der Waals surface area contributed by atoms with Crippen LogP contribution >= 0.6 is 0 Å². The van der Waals surface area contributed by atoms with E-state index >= 15 is 0 Å². The number of carbonyl (C=O) groups excluding carboxylic acids is 3. The summed E-state index contributed by atoms with van der Waals surface area (Å²) in [6.45, 7) is 6.55. The minimum Gasteiger partial charge on any atom is -0.326 e. The highest BCUT2D eigenvalue weighted by molar-refractivity contribution is 6.02. The van der Waals surface area contributed by atoms with Crippen LogP contribution in [-0.4, -0.2) is 29.2 Å². The van der Waals surface area contributed by atoms with Crippen LogP contribution < -0.4 is 5.32 Å². The van der Waals surface area contributed by atoms with E-state index in [-0.39, 0.29) is 48.9 Å². The maximum absolute atomic E-state index is 11.9. The third-order valence-corrected chi connectivity index (χ3v) is 3.75. The molecule has 0 bridgehead atoms. The van der Waals surface area contributed by atoms with Gasteiger partial charge in [0.2, 0.25) is 17.7 Å². The van der Waals surface area contributed by atoms with E-state index in [1.165, 1.54) is 10.5 Å². The van der Waals surface area contributed by atoms with Gasteiger partial charge in [0.25, 0.3) is 0 Å². The largest absolute Gasteiger partial charge is 0.326 e. The normalized spacial score (nSPS) is 15.3. The number of anilines is 1. The smallest absolute Gasteiger partial charge is 0.229 e. The summed E-state index contributed by atoms with van der Waals surface area (Å²) in [6.07, 6.45) is 0.641. The van der Waals surface area contributed by atoms with E-state index in [0.717, 1.165) is 5.69 Å². The molecular formula is C17H22N2O3. The number of amides is 3. The van der Waals surface area contributed by atoms with E-state index < -0.39 is 0 Å². The van der Waals surface area contributed by atoms with E-state index in [9.17, 15) is 14.4 Å². The van der Waals surface area contributed by atoms with Crippen molar-refractivity contribution < 1.29 is 14.4 Å². The molecule has 1 fully saturated rings. The molecule has 1 heterocycles. The Hall–Kier alpha value is -2.17. The van der Waals surface area contributed by atoms with Gasteiger partial charge in [0.05, 0.1) is 0 Å². The molecule has 3 amide bonds. The molecule has 1 saturated heterocycles. The predicted octanol–water partition coefficient (Wildman–Crippen LogP) is 2.46. The number of nitrogens with zero attached hydrogens (tertiary/aromatic N) is 1. The standard InChI is InChI=1S/C17H22N2O3/c1-17(2,3)12-4-6-13(7-5-12)18-14(20)10-11-19-15(21)8-9-16(19)22/h4-7H,8-11H2,1-3H3,(H,18,20). The van der Waals surface area contributed by atoms with Crippen LogP contribution in [0.5, 0.6) is 0 Å². The summed E-state index contributed by atoms with van der Waals surface area (Å²) in [5.41, 5.74) is 1.98. The van der Waals surface area contributed by atoms with Crippen molar-refractivity contribution in [2.24, 2.45) is 0 Å². The van der Waals surface area contributed by atoms with Crippen LogP contribution in [0.4, 0.5) is 5.69 Å². The van der Waals surface area contributed by atoms with Gasteiger partial charge in [-0.05, 0) is 23.1 Å². The van der Waals surface area contributed by atoms with Crippen molar-refractivity contribution in [3.05, 3.63) is 29.8 Å². The minimum atomic E-state index is -0.198. The fourth-order valence-electron chi connectivity index (χ4n) is 2.36. The molecule has 118 valence electrons. The summed E-state index contributed by atoms with van der Waals surface area (Å²) < 4.78 is 0. The Balaban J connectivity index is 1.87. The van der Waals surface area contributed by atoms with Gasteiger partial charge in [-0.1, -0.05) is 32.9 Å². The Morgan fingerprint density at radius 1 is 1.09 bits per heavy atom. The Morgan fingerprint density at radius 3 is 2.14 bits per heavy atom. The van der Waals surface area contributed by atoms with Gasteiger partial charge >= 0.3 is 0 Å². The zero-order chi connectivity index (χ0) is 16.3. The summed E-state index contributed by atoms with van der Waals surface area (Å²) in [5.74, 6) is -0.573. The SMILES string of the molecule is CC(C)(C)c1ccc(NC(=O)CCN2C(=O)CCC2=O)cc1. The van der Waals surface area contributed by atoms with E-state index in [4.69, 9.17) is 0 Å². The van der Waals surface area contributed by atoms with Crippen LogP contribution in [0.1, 0.15) is 45.6 Å². The number of hydrogen-bond acceptors (Lipinski definition) is 3. The molecule has 1 aromatic carbocycles. The second kappa shape index (κ2) is 6.30. The molecule has 0 spiro atoms. The molecule has 0 atom stereocenters. The first-order valence-electron chi connectivity index (χ1n) is 7.51. The Kier molecular flexibility index (Phi) is 4.64. The molecule has 5 nitrogen and oxygen atoms in total. The van der Waals surface area contributed by atoms with Crippen LogP contribution in [0.3, 0.4) is 0 Å². The highest BCUT2D eigenvalue weighted by Crippen LogP contribution is 2.23. The quantitative estimate of drug-likeness (QED) is 0.869. The summed E-state index contributed by atoms with van der Waals surface area (Å²) in [7, 11) is 0. The van der Waals surface area contributed by atoms with E-state index in [1.807, 2.05) is 24.3 Å². The van der Waals surface area contributed by atoms with Crippen molar-refractivity contribution >= 4 is 23.4 Å². The second-order valence-electron chi connectivity index (χ2n) is 6.56. The minimum absolute atomic E-state index is 0.0685. The summed E-state index contributed by atoms with van der Waals surface area (Å²) >= 11 is 0. The van der Waals surface area contributed by atoms with Crippen LogP contribution in [0.25, 0.3) is 0 Å². The fraction of sp³-hybridized carbons (Fsp3) is 0.471. The molecule has 0 radical (unpaired) electrons. The topological polar surface area (TPSA) is 66.5 Å². The van der Waals surface area contributed by atoms with Crippen LogP contribution in [-0.2, 0) is 19.8 Å². The molecule has 0 unspecified atom stereocenters. The number of rotatable bonds is 4. The van der Waals surface area contributed by atoms with Gasteiger partial charge in [-0.2, -0.15) is 0 Å². The van der Waals surface area contributed by atoms with Crippen molar-refractivity contribution in [1.82, 2.24) is 4.90 Å². The lowest BCUT2D eigenvalue weighted by Gasteiger charge is -2.19. The summed E-state index contributed by atoms with van der Waals surface area (Å²) in [5, 5.41) is 2.79. The van der Waals surface area contributed by atoms with E-state index in [1.54, 1.807) is 0 Å². The molecule has 0 aromatic heterocycles. The Labute approximate surface area is 130 Å². The molecular weight excluding hydrogens is 280 g/mol. The van der Waals surface area contributed by atoms with Crippen LogP contribution in [0.15, 0.2) is 24.3 Å². The zero-order valence-electron chi connectivity index (χ0n) is 13.3. The third-order valence-electron chi connectivity index (χ3n) is 3.75. The third kappa shape index (κ3) is 3.93. The lowest BCUT2D eigenvalue weighted by atomic mass is 9.87. The van der Waals surface area contributed by atoms with Crippen LogP contribution in [0.2, 0.25) is 0 Å². The molecule has 2 rings (SSSR count). The maximum atomic E-state index is 11.9. The van der Waals surface area contributed by atoms with E-state index in [2.05, 4.69) is 26.1 Å². The number of nitrogens with one attached hydrogen (secondary N) is 1. The van der Waals surface area contributed by atoms with Gasteiger partial charge in [-0.25, -0.2) is 0 Å². The highest BCUT2D eigenvalue weighted by atomic mass is 16.2. The first kappa shape index (κ1) is 16.2. The lowest BCUT2D eigenvalue weighted by Crippen LogP contribution is -2.32. The average Bonchev–Trinajstić information content (AvgIpc) is 2.75. The maximum Gasteiger partial charge on any atom is 0.229 e. The van der Waals surface area contributed by atoms with Crippen molar-refractivity contribution in [1.29, 1.82) is 0 Å². The molecule has 1 N–H and O–H groups in total. The number of imide groups is 1. The number of carbonyl (C=O) groups is 3. The van der Waals surface area contributed by atoms with Gasteiger partial charge in [0.1, 0.15) is 0 Å². The van der Waals surface area contributed by atoms with Gasteiger partial charge in [0, 0.05) is 31.5 Å².